The highest BCUT2D eigenvalue weighted by Crippen LogP contribution is 2.32. The molecule has 1 aliphatic carbocycles. The Labute approximate surface area is 125 Å². The van der Waals surface area contributed by atoms with E-state index < -0.39 is 11.5 Å². The summed E-state index contributed by atoms with van der Waals surface area (Å²) in [5.74, 6) is -0.395. The van der Waals surface area contributed by atoms with Gasteiger partial charge < -0.3 is 20.5 Å². The summed E-state index contributed by atoms with van der Waals surface area (Å²) in [6.07, 6.45) is 3.30. The molecule has 1 heterocycles. The van der Waals surface area contributed by atoms with Gasteiger partial charge in [0, 0.05) is 18.9 Å². The monoisotopic (exact) mass is 306 g/mol. The number of amides is 1. The molecule has 0 aromatic heterocycles. The number of hydrogen-bond donors (Lipinski definition) is 2. The molecule has 0 bridgehead atoms. The standard InChI is InChI=1S/C13H22N2O4.ClH/c1-18-12(17)13(5-6-19-8-13)15-11(16)10-4-2-3-9(10)7-14;/h9-10H,2-8,14H2,1H3,(H,15,16);1H/t9-,10-,13?;/m1./s1. The number of methoxy groups -OCH3 is 1. The summed E-state index contributed by atoms with van der Waals surface area (Å²) in [4.78, 5) is 24.3. The molecule has 6 nitrogen and oxygen atoms in total. The Balaban J connectivity index is 0.00000200. The minimum absolute atomic E-state index is 0. The number of hydrogen-bond acceptors (Lipinski definition) is 5. The van der Waals surface area contributed by atoms with Crippen LogP contribution in [0.5, 0.6) is 0 Å². The number of rotatable bonds is 4. The van der Waals surface area contributed by atoms with Crippen LogP contribution in [0.1, 0.15) is 25.7 Å². The predicted octanol–water partition coefficient (Wildman–Crippen LogP) is 0.232. The number of carbonyl (C=O) groups excluding carboxylic acids is 2. The molecule has 1 amide bonds. The van der Waals surface area contributed by atoms with Crippen LogP contribution in [-0.2, 0) is 19.1 Å². The second-order valence-corrected chi connectivity index (χ2v) is 5.40. The first-order chi connectivity index (χ1) is 9.13. The Bertz CT molecular complexity index is 358. The zero-order valence-electron chi connectivity index (χ0n) is 11.7. The summed E-state index contributed by atoms with van der Waals surface area (Å²) in [5.41, 5.74) is 4.69. The maximum absolute atomic E-state index is 12.4. The fourth-order valence-electron chi connectivity index (χ4n) is 3.06. The maximum atomic E-state index is 12.4. The summed E-state index contributed by atoms with van der Waals surface area (Å²) in [6, 6.07) is 0. The van der Waals surface area contributed by atoms with Crippen LogP contribution in [0.4, 0.5) is 0 Å². The van der Waals surface area contributed by atoms with E-state index >= 15 is 0 Å². The second kappa shape index (κ2) is 7.24. The SMILES string of the molecule is COC(=O)C1(NC(=O)[C@@H]2CCC[C@@H]2CN)CCOC1.Cl. The van der Waals surface area contributed by atoms with Crippen LogP contribution in [0.25, 0.3) is 0 Å². The van der Waals surface area contributed by atoms with Gasteiger partial charge in [-0.3, -0.25) is 4.79 Å². The first-order valence-corrected chi connectivity index (χ1v) is 6.81. The van der Waals surface area contributed by atoms with E-state index in [9.17, 15) is 9.59 Å². The molecular formula is C13H23ClN2O4. The highest BCUT2D eigenvalue weighted by molar-refractivity contribution is 5.89. The van der Waals surface area contributed by atoms with Crippen molar-refractivity contribution >= 4 is 24.3 Å². The van der Waals surface area contributed by atoms with Gasteiger partial charge in [0.25, 0.3) is 0 Å². The molecule has 1 aliphatic heterocycles. The zero-order chi connectivity index (χ0) is 13.9. The summed E-state index contributed by atoms with van der Waals surface area (Å²) < 4.78 is 10.1. The maximum Gasteiger partial charge on any atom is 0.334 e. The molecule has 2 fully saturated rings. The van der Waals surface area contributed by atoms with E-state index in [0.717, 1.165) is 19.3 Å². The largest absolute Gasteiger partial charge is 0.467 e. The second-order valence-electron chi connectivity index (χ2n) is 5.40. The Hall–Kier alpha value is -0.850. The van der Waals surface area contributed by atoms with Gasteiger partial charge in [-0.15, -0.1) is 12.4 Å². The first-order valence-electron chi connectivity index (χ1n) is 6.81. The molecule has 20 heavy (non-hydrogen) atoms. The predicted molar refractivity (Wildman–Crippen MR) is 75.5 cm³/mol. The lowest BCUT2D eigenvalue weighted by Gasteiger charge is -2.28. The van der Waals surface area contributed by atoms with Crippen molar-refractivity contribution in [3.05, 3.63) is 0 Å². The summed E-state index contributed by atoms with van der Waals surface area (Å²) >= 11 is 0. The third kappa shape index (κ3) is 3.24. The van der Waals surface area contributed by atoms with Gasteiger partial charge >= 0.3 is 5.97 Å². The fraction of sp³-hybridized carbons (Fsp3) is 0.846. The molecule has 1 saturated carbocycles. The number of ether oxygens (including phenoxy) is 2. The summed E-state index contributed by atoms with van der Waals surface area (Å²) in [6.45, 7) is 1.16. The molecular weight excluding hydrogens is 284 g/mol. The zero-order valence-corrected chi connectivity index (χ0v) is 12.5. The van der Waals surface area contributed by atoms with Crippen molar-refractivity contribution in [3.8, 4) is 0 Å². The third-order valence-corrected chi connectivity index (χ3v) is 4.26. The van der Waals surface area contributed by atoms with Crippen LogP contribution < -0.4 is 11.1 Å². The fourth-order valence-corrected chi connectivity index (χ4v) is 3.06. The van der Waals surface area contributed by atoms with Crippen molar-refractivity contribution in [2.75, 3.05) is 26.9 Å². The van der Waals surface area contributed by atoms with Gasteiger partial charge in [0.2, 0.25) is 5.91 Å². The first kappa shape index (κ1) is 17.2. The molecule has 2 rings (SSSR count). The van der Waals surface area contributed by atoms with E-state index in [0.29, 0.717) is 19.6 Å². The normalized spacial score (nSPS) is 32.5. The molecule has 116 valence electrons. The van der Waals surface area contributed by atoms with E-state index in [1.807, 2.05) is 0 Å². The number of esters is 1. The Morgan fingerprint density at radius 3 is 2.75 bits per heavy atom. The van der Waals surface area contributed by atoms with Crippen LogP contribution in [0, 0.1) is 11.8 Å². The molecule has 0 aromatic carbocycles. The summed E-state index contributed by atoms with van der Waals surface area (Å²) in [7, 11) is 1.33. The number of nitrogens with one attached hydrogen (secondary N) is 1. The summed E-state index contributed by atoms with van der Waals surface area (Å²) in [5, 5.41) is 2.86. The highest BCUT2D eigenvalue weighted by atomic mass is 35.5. The van der Waals surface area contributed by atoms with Crippen molar-refractivity contribution in [2.45, 2.75) is 31.2 Å². The lowest BCUT2D eigenvalue weighted by molar-refractivity contribution is -0.151. The topological polar surface area (TPSA) is 90.7 Å². The van der Waals surface area contributed by atoms with Crippen molar-refractivity contribution in [2.24, 2.45) is 17.6 Å². The van der Waals surface area contributed by atoms with Crippen molar-refractivity contribution in [1.82, 2.24) is 5.32 Å². The Kier molecular flexibility index (Phi) is 6.23. The average molecular weight is 307 g/mol. The Morgan fingerprint density at radius 2 is 2.20 bits per heavy atom. The minimum Gasteiger partial charge on any atom is -0.467 e. The van der Waals surface area contributed by atoms with E-state index in [4.69, 9.17) is 15.2 Å². The van der Waals surface area contributed by atoms with E-state index in [-0.39, 0.29) is 36.8 Å². The van der Waals surface area contributed by atoms with Crippen molar-refractivity contribution in [1.29, 1.82) is 0 Å². The van der Waals surface area contributed by atoms with E-state index in [1.165, 1.54) is 7.11 Å². The molecule has 0 aromatic rings. The minimum atomic E-state index is -1.01. The van der Waals surface area contributed by atoms with Crippen LogP contribution in [-0.4, -0.2) is 44.3 Å². The van der Waals surface area contributed by atoms with E-state index in [1.54, 1.807) is 0 Å². The molecule has 2 aliphatic rings. The van der Waals surface area contributed by atoms with Gasteiger partial charge in [-0.25, -0.2) is 4.79 Å². The molecule has 1 saturated heterocycles. The van der Waals surface area contributed by atoms with E-state index in [2.05, 4.69) is 5.32 Å². The van der Waals surface area contributed by atoms with Gasteiger partial charge in [-0.1, -0.05) is 6.42 Å². The van der Waals surface area contributed by atoms with Gasteiger partial charge in [-0.05, 0) is 25.3 Å². The van der Waals surface area contributed by atoms with Gasteiger partial charge in [0.15, 0.2) is 5.54 Å². The van der Waals surface area contributed by atoms with Gasteiger partial charge in [0.1, 0.15) is 0 Å². The van der Waals surface area contributed by atoms with Gasteiger partial charge in [0.05, 0.1) is 13.7 Å². The molecule has 0 spiro atoms. The lowest BCUT2D eigenvalue weighted by atomic mass is 9.92. The number of nitrogens with two attached hydrogens (primary N) is 1. The number of halogens is 1. The molecule has 7 heteroatoms. The third-order valence-electron chi connectivity index (χ3n) is 4.26. The van der Waals surface area contributed by atoms with Gasteiger partial charge in [-0.2, -0.15) is 0 Å². The highest BCUT2D eigenvalue weighted by Gasteiger charge is 2.46. The van der Waals surface area contributed by atoms with Crippen molar-refractivity contribution < 1.29 is 19.1 Å². The van der Waals surface area contributed by atoms with Crippen LogP contribution in [0.3, 0.4) is 0 Å². The molecule has 1 unspecified atom stereocenters. The number of carbonyl (C=O) groups is 2. The van der Waals surface area contributed by atoms with Crippen LogP contribution >= 0.6 is 12.4 Å². The molecule has 3 atom stereocenters. The molecule has 0 radical (unpaired) electrons. The molecule has 3 N–H and O–H groups in total. The van der Waals surface area contributed by atoms with Crippen molar-refractivity contribution in [3.63, 3.8) is 0 Å². The Morgan fingerprint density at radius 1 is 1.45 bits per heavy atom. The van der Waals surface area contributed by atoms with Crippen LogP contribution in [0.15, 0.2) is 0 Å². The quantitative estimate of drug-likeness (QED) is 0.726. The lowest BCUT2D eigenvalue weighted by Crippen LogP contribution is -2.57. The van der Waals surface area contributed by atoms with Crippen LogP contribution in [0.2, 0.25) is 0 Å². The average Bonchev–Trinajstić information content (AvgIpc) is 3.06. The smallest absolute Gasteiger partial charge is 0.334 e.